The van der Waals surface area contributed by atoms with E-state index in [4.69, 9.17) is 0 Å². The molecule has 102 valence electrons. The summed E-state index contributed by atoms with van der Waals surface area (Å²) in [6.45, 7) is 9.38. The Morgan fingerprint density at radius 1 is 1.41 bits per heavy atom. The van der Waals surface area contributed by atoms with Gasteiger partial charge in [-0.2, -0.15) is 0 Å². The summed E-state index contributed by atoms with van der Waals surface area (Å²) in [4.78, 5) is 5.06. The molecule has 1 N–H and O–H groups in total. The molecule has 0 aliphatic carbocycles. The van der Waals surface area contributed by atoms with Crippen molar-refractivity contribution in [2.75, 3.05) is 40.3 Å². The van der Waals surface area contributed by atoms with Crippen molar-refractivity contribution >= 4 is 0 Å². The fraction of sp³-hybridized carbons (Fsp3) is 1.00. The molecule has 0 spiro atoms. The van der Waals surface area contributed by atoms with Gasteiger partial charge in [0.05, 0.1) is 0 Å². The van der Waals surface area contributed by atoms with Crippen molar-refractivity contribution in [1.29, 1.82) is 0 Å². The summed E-state index contributed by atoms with van der Waals surface area (Å²) in [6.07, 6.45) is 5.41. The molecule has 0 aromatic rings. The van der Waals surface area contributed by atoms with Crippen LogP contribution in [0.3, 0.4) is 0 Å². The predicted molar refractivity (Wildman–Crippen MR) is 75.5 cm³/mol. The summed E-state index contributed by atoms with van der Waals surface area (Å²) in [7, 11) is 4.37. The quantitative estimate of drug-likeness (QED) is 0.654. The predicted octanol–water partition coefficient (Wildman–Crippen LogP) is 1.79. The maximum atomic E-state index is 3.41. The zero-order valence-corrected chi connectivity index (χ0v) is 12.2. The minimum atomic E-state index is 0.751. The Morgan fingerprint density at radius 3 is 2.82 bits per heavy atom. The second kappa shape index (κ2) is 8.06. The number of nitrogens with one attached hydrogen (secondary N) is 1. The van der Waals surface area contributed by atoms with Crippen LogP contribution in [0.1, 0.15) is 39.5 Å². The molecule has 1 aliphatic heterocycles. The van der Waals surface area contributed by atoms with Gasteiger partial charge in [0, 0.05) is 18.6 Å². The van der Waals surface area contributed by atoms with E-state index in [-0.39, 0.29) is 0 Å². The van der Waals surface area contributed by atoms with E-state index in [0.29, 0.717) is 0 Å². The van der Waals surface area contributed by atoms with Crippen LogP contribution in [0.25, 0.3) is 0 Å². The van der Waals surface area contributed by atoms with Crippen LogP contribution in [0, 0.1) is 0 Å². The van der Waals surface area contributed by atoms with E-state index in [1.54, 1.807) is 0 Å². The van der Waals surface area contributed by atoms with E-state index in [1.165, 1.54) is 45.3 Å². The molecule has 1 rings (SSSR count). The maximum absolute atomic E-state index is 3.41. The summed E-state index contributed by atoms with van der Waals surface area (Å²) in [5.74, 6) is 0. The molecular weight excluding hydrogens is 210 g/mol. The van der Waals surface area contributed by atoms with Crippen molar-refractivity contribution in [3.8, 4) is 0 Å². The standard InChI is InChI=1S/C14H31N3/c1-5-15-10-6-8-13(2)17-11-7-9-14(17)12-16(3)4/h13-15H,5-12H2,1-4H3. The first-order valence-corrected chi connectivity index (χ1v) is 7.26. The largest absolute Gasteiger partial charge is 0.317 e. The maximum Gasteiger partial charge on any atom is 0.0226 e. The van der Waals surface area contributed by atoms with Gasteiger partial charge in [0.25, 0.3) is 0 Å². The van der Waals surface area contributed by atoms with Gasteiger partial charge in [-0.25, -0.2) is 0 Å². The van der Waals surface area contributed by atoms with Gasteiger partial charge < -0.3 is 10.2 Å². The molecule has 0 aromatic heterocycles. The minimum Gasteiger partial charge on any atom is -0.317 e. The summed E-state index contributed by atoms with van der Waals surface area (Å²) in [6, 6.07) is 1.54. The third-order valence-electron chi connectivity index (χ3n) is 3.79. The van der Waals surface area contributed by atoms with E-state index in [1.807, 2.05) is 0 Å². The first-order chi connectivity index (χ1) is 8.15. The molecule has 0 aromatic carbocycles. The van der Waals surface area contributed by atoms with Crippen LogP contribution in [0.2, 0.25) is 0 Å². The number of nitrogens with zero attached hydrogens (tertiary/aromatic N) is 2. The topological polar surface area (TPSA) is 18.5 Å². The van der Waals surface area contributed by atoms with Gasteiger partial charge >= 0.3 is 0 Å². The molecule has 1 aliphatic rings. The highest BCUT2D eigenvalue weighted by molar-refractivity contribution is 4.84. The van der Waals surface area contributed by atoms with Crippen LogP contribution in [-0.2, 0) is 0 Å². The second-order valence-corrected chi connectivity index (χ2v) is 5.64. The Bertz CT molecular complexity index is 194. The van der Waals surface area contributed by atoms with Crippen molar-refractivity contribution in [3.05, 3.63) is 0 Å². The Kier molecular flexibility index (Phi) is 7.09. The second-order valence-electron chi connectivity index (χ2n) is 5.64. The number of rotatable bonds is 8. The molecule has 17 heavy (non-hydrogen) atoms. The first kappa shape index (κ1) is 14.9. The van der Waals surface area contributed by atoms with Gasteiger partial charge in [-0.3, -0.25) is 4.90 Å². The van der Waals surface area contributed by atoms with Crippen molar-refractivity contribution in [2.24, 2.45) is 0 Å². The highest BCUT2D eigenvalue weighted by Crippen LogP contribution is 2.22. The molecule has 0 saturated carbocycles. The molecule has 1 fully saturated rings. The average molecular weight is 241 g/mol. The summed E-state index contributed by atoms with van der Waals surface area (Å²) in [5.41, 5.74) is 0. The average Bonchev–Trinajstić information content (AvgIpc) is 2.71. The lowest BCUT2D eigenvalue weighted by molar-refractivity contribution is 0.153. The van der Waals surface area contributed by atoms with Gasteiger partial charge in [0.2, 0.25) is 0 Å². The monoisotopic (exact) mass is 241 g/mol. The van der Waals surface area contributed by atoms with E-state index in [9.17, 15) is 0 Å². The van der Waals surface area contributed by atoms with Crippen LogP contribution in [-0.4, -0.2) is 62.2 Å². The van der Waals surface area contributed by atoms with Crippen molar-refractivity contribution < 1.29 is 0 Å². The fourth-order valence-corrected chi connectivity index (χ4v) is 2.92. The molecule has 2 atom stereocenters. The molecular formula is C14H31N3. The highest BCUT2D eigenvalue weighted by atomic mass is 15.2. The molecule has 0 amide bonds. The zero-order chi connectivity index (χ0) is 12.7. The van der Waals surface area contributed by atoms with E-state index in [0.717, 1.165) is 18.6 Å². The molecule has 3 heteroatoms. The van der Waals surface area contributed by atoms with E-state index >= 15 is 0 Å². The lowest BCUT2D eigenvalue weighted by atomic mass is 10.1. The van der Waals surface area contributed by atoms with Crippen LogP contribution in [0.5, 0.6) is 0 Å². The fourth-order valence-electron chi connectivity index (χ4n) is 2.92. The number of hydrogen-bond acceptors (Lipinski definition) is 3. The van der Waals surface area contributed by atoms with Gasteiger partial charge in [-0.15, -0.1) is 0 Å². The van der Waals surface area contributed by atoms with Gasteiger partial charge in [0.15, 0.2) is 0 Å². The van der Waals surface area contributed by atoms with Crippen molar-refractivity contribution in [1.82, 2.24) is 15.1 Å². The number of likely N-dealkylation sites (N-methyl/N-ethyl adjacent to an activating group) is 1. The van der Waals surface area contributed by atoms with Gasteiger partial charge in [-0.1, -0.05) is 6.92 Å². The van der Waals surface area contributed by atoms with Crippen LogP contribution in [0.4, 0.5) is 0 Å². The third-order valence-corrected chi connectivity index (χ3v) is 3.79. The Balaban J connectivity index is 2.26. The number of likely N-dealkylation sites (tertiary alicyclic amines) is 1. The lowest BCUT2D eigenvalue weighted by Crippen LogP contribution is -2.42. The van der Waals surface area contributed by atoms with Gasteiger partial charge in [-0.05, 0) is 66.3 Å². The van der Waals surface area contributed by atoms with Crippen LogP contribution >= 0.6 is 0 Å². The SMILES string of the molecule is CCNCCCC(C)N1CCCC1CN(C)C. The van der Waals surface area contributed by atoms with Crippen LogP contribution in [0.15, 0.2) is 0 Å². The normalized spacial score (nSPS) is 23.5. The van der Waals surface area contributed by atoms with Crippen molar-refractivity contribution in [2.45, 2.75) is 51.6 Å². The van der Waals surface area contributed by atoms with E-state index in [2.05, 4.69) is 43.1 Å². The molecule has 0 radical (unpaired) electrons. The molecule has 1 heterocycles. The number of hydrogen-bond donors (Lipinski definition) is 1. The summed E-state index contributed by atoms with van der Waals surface area (Å²) < 4.78 is 0. The third kappa shape index (κ3) is 5.36. The molecule has 1 saturated heterocycles. The Hall–Kier alpha value is -0.120. The minimum absolute atomic E-state index is 0.751. The van der Waals surface area contributed by atoms with E-state index < -0.39 is 0 Å². The molecule has 2 unspecified atom stereocenters. The smallest absolute Gasteiger partial charge is 0.0226 e. The highest BCUT2D eigenvalue weighted by Gasteiger charge is 2.28. The Morgan fingerprint density at radius 2 is 2.18 bits per heavy atom. The zero-order valence-electron chi connectivity index (χ0n) is 12.2. The lowest BCUT2D eigenvalue weighted by Gasteiger charge is -2.32. The molecule has 3 nitrogen and oxygen atoms in total. The van der Waals surface area contributed by atoms with Crippen LogP contribution < -0.4 is 5.32 Å². The van der Waals surface area contributed by atoms with Gasteiger partial charge in [0.1, 0.15) is 0 Å². The first-order valence-electron chi connectivity index (χ1n) is 7.26. The summed E-state index contributed by atoms with van der Waals surface area (Å²) in [5, 5.41) is 3.41. The van der Waals surface area contributed by atoms with Crippen molar-refractivity contribution in [3.63, 3.8) is 0 Å². The summed E-state index contributed by atoms with van der Waals surface area (Å²) >= 11 is 0. The molecule has 0 bridgehead atoms. The Labute approximate surface area is 108 Å².